The zero-order valence-corrected chi connectivity index (χ0v) is 10.1. The minimum atomic E-state index is -3.34. The van der Waals surface area contributed by atoms with E-state index in [2.05, 4.69) is 10.0 Å². The van der Waals surface area contributed by atoms with Crippen molar-refractivity contribution in [3.05, 3.63) is 35.6 Å². The van der Waals surface area contributed by atoms with Crippen LogP contribution in [0.4, 0.5) is 4.39 Å². The van der Waals surface area contributed by atoms with Gasteiger partial charge in [0, 0.05) is 12.6 Å². The summed E-state index contributed by atoms with van der Waals surface area (Å²) in [5.74, 6) is -0.469. The molecule has 0 aromatic heterocycles. The van der Waals surface area contributed by atoms with Crippen LogP contribution >= 0.6 is 0 Å². The van der Waals surface area contributed by atoms with Crippen LogP contribution in [0.5, 0.6) is 0 Å². The highest BCUT2D eigenvalue weighted by Gasteiger charge is 2.21. The second-order valence-corrected chi connectivity index (χ2v) is 5.95. The molecule has 2 N–H and O–H groups in total. The van der Waals surface area contributed by atoms with E-state index in [-0.39, 0.29) is 17.6 Å². The van der Waals surface area contributed by atoms with Gasteiger partial charge in [0.25, 0.3) is 0 Å². The molecule has 94 valence electrons. The maximum atomic E-state index is 12.7. The van der Waals surface area contributed by atoms with Gasteiger partial charge in [0.2, 0.25) is 10.0 Å². The molecule has 0 amide bonds. The molecule has 2 rings (SSSR count). The Labute approximate surface area is 100 Å². The van der Waals surface area contributed by atoms with Crippen molar-refractivity contribution in [1.29, 1.82) is 0 Å². The van der Waals surface area contributed by atoms with Crippen molar-refractivity contribution in [2.24, 2.45) is 0 Å². The Hall–Kier alpha value is -0.980. The quantitative estimate of drug-likeness (QED) is 0.832. The molecule has 0 bridgehead atoms. The van der Waals surface area contributed by atoms with Gasteiger partial charge in [0.05, 0.1) is 5.75 Å². The zero-order valence-electron chi connectivity index (χ0n) is 9.32. The minimum Gasteiger partial charge on any atom is -0.315 e. The Morgan fingerprint density at radius 1 is 1.35 bits per heavy atom. The molecule has 0 aliphatic carbocycles. The van der Waals surface area contributed by atoms with E-state index in [4.69, 9.17) is 0 Å². The van der Waals surface area contributed by atoms with Gasteiger partial charge in [0.15, 0.2) is 0 Å². The lowest BCUT2D eigenvalue weighted by molar-refractivity contribution is 0.559. The van der Waals surface area contributed by atoms with Gasteiger partial charge in [-0.2, -0.15) is 0 Å². The fraction of sp³-hybridized carbons (Fsp3) is 0.455. The van der Waals surface area contributed by atoms with E-state index >= 15 is 0 Å². The molecule has 4 nitrogen and oxygen atoms in total. The molecule has 1 atom stereocenters. The molecule has 17 heavy (non-hydrogen) atoms. The molecule has 1 aromatic carbocycles. The highest BCUT2D eigenvalue weighted by molar-refractivity contribution is 7.88. The van der Waals surface area contributed by atoms with Gasteiger partial charge in [-0.3, -0.25) is 0 Å². The van der Waals surface area contributed by atoms with Crippen LogP contribution in [0.1, 0.15) is 12.0 Å². The predicted octanol–water partition coefficient (Wildman–Crippen LogP) is 0.607. The van der Waals surface area contributed by atoms with Crippen molar-refractivity contribution in [3.63, 3.8) is 0 Å². The molecule has 1 saturated heterocycles. The molecule has 0 unspecified atom stereocenters. The lowest BCUT2D eigenvalue weighted by Gasteiger charge is -2.11. The molecule has 1 heterocycles. The van der Waals surface area contributed by atoms with Crippen molar-refractivity contribution in [2.75, 3.05) is 13.1 Å². The molecule has 1 aliphatic rings. The molecular weight excluding hydrogens is 243 g/mol. The van der Waals surface area contributed by atoms with Crippen LogP contribution < -0.4 is 10.0 Å². The van der Waals surface area contributed by atoms with E-state index < -0.39 is 10.0 Å². The first-order valence-corrected chi connectivity index (χ1v) is 7.15. The second-order valence-electron chi connectivity index (χ2n) is 4.19. The van der Waals surface area contributed by atoms with Crippen LogP contribution in [0, 0.1) is 5.82 Å². The second kappa shape index (κ2) is 5.12. The van der Waals surface area contributed by atoms with Gasteiger partial charge in [0.1, 0.15) is 5.82 Å². The zero-order chi connectivity index (χ0) is 12.3. The summed E-state index contributed by atoms with van der Waals surface area (Å²) >= 11 is 0. The van der Waals surface area contributed by atoms with E-state index in [9.17, 15) is 12.8 Å². The Kier molecular flexibility index (Phi) is 3.76. The number of halogens is 1. The van der Waals surface area contributed by atoms with E-state index in [1.165, 1.54) is 24.3 Å². The Morgan fingerprint density at radius 3 is 2.65 bits per heavy atom. The third-order valence-electron chi connectivity index (χ3n) is 2.68. The van der Waals surface area contributed by atoms with Crippen molar-refractivity contribution >= 4 is 10.0 Å². The van der Waals surface area contributed by atoms with E-state index in [0.29, 0.717) is 12.1 Å². The third kappa shape index (κ3) is 3.76. The lowest BCUT2D eigenvalue weighted by Crippen LogP contribution is -2.36. The molecule has 0 radical (unpaired) electrons. The van der Waals surface area contributed by atoms with Crippen LogP contribution in [0.15, 0.2) is 24.3 Å². The highest BCUT2D eigenvalue weighted by Crippen LogP contribution is 2.08. The summed E-state index contributed by atoms with van der Waals surface area (Å²) in [5, 5.41) is 3.09. The Bertz CT molecular complexity index is 467. The monoisotopic (exact) mass is 258 g/mol. The fourth-order valence-electron chi connectivity index (χ4n) is 1.85. The van der Waals surface area contributed by atoms with Gasteiger partial charge in [-0.15, -0.1) is 0 Å². The number of sulfonamides is 1. The van der Waals surface area contributed by atoms with Gasteiger partial charge in [-0.25, -0.2) is 17.5 Å². The standard InChI is InChI=1S/C11H15FN2O2S/c12-10-3-1-9(2-4-10)8-17(15,16)14-11-5-6-13-7-11/h1-4,11,13-14H,5-8H2/t11-/m0/s1. The molecule has 1 aliphatic heterocycles. The molecule has 1 aromatic rings. The van der Waals surface area contributed by atoms with Gasteiger partial charge in [-0.05, 0) is 30.7 Å². The summed E-state index contributed by atoms with van der Waals surface area (Å²) in [7, 11) is -3.34. The number of nitrogens with one attached hydrogen (secondary N) is 2. The van der Waals surface area contributed by atoms with Crippen molar-refractivity contribution in [1.82, 2.24) is 10.0 Å². The SMILES string of the molecule is O=S(=O)(Cc1ccc(F)cc1)N[C@H]1CCNC1. The van der Waals surface area contributed by atoms with Gasteiger partial charge >= 0.3 is 0 Å². The maximum Gasteiger partial charge on any atom is 0.216 e. The summed E-state index contributed by atoms with van der Waals surface area (Å²) in [4.78, 5) is 0. The van der Waals surface area contributed by atoms with Crippen molar-refractivity contribution in [2.45, 2.75) is 18.2 Å². The first-order chi connectivity index (χ1) is 8.05. The molecule has 0 spiro atoms. The van der Waals surface area contributed by atoms with Crippen LogP contribution in [0.3, 0.4) is 0 Å². The van der Waals surface area contributed by atoms with E-state index in [1.807, 2.05) is 0 Å². The summed E-state index contributed by atoms with van der Waals surface area (Å²) in [6.07, 6.45) is 0.808. The van der Waals surface area contributed by atoms with Crippen LogP contribution in [-0.4, -0.2) is 27.5 Å². The van der Waals surface area contributed by atoms with Crippen molar-refractivity contribution < 1.29 is 12.8 Å². The smallest absolute Gasteiger partial charge is 0.216 e. The van der Waals surface area contributed by atoms with E-state index in [1.54, 1.807) is 0 Å². The predicted molar refractivity (Wildman–Crippen MR) is 63.4 cm³/mol. The number of hydrogen-bond acceptors (Lipinski definition) is 3. The maximum absolute atomic E-state index is 12.7. The third-order valence-corrected chi connectivity index (χ3v) is 4.08. The molecule has 1 fully saturated rings. The van der Waals surface area contributed by atoms with E-state index in [0.717, 1.165) is 13.0 Å². The fourth-order valence-corrected chi connectivity index (χ4v) is 3.27. The van der Waals surface area contributed by atoms with Crippen molar-refractivity contribution in [3.8, 4) is 0 Å². The molecular formula is C11H15FN2O2S. The van der Waals surface area contributed by atoms with Gasteiger partial charge in [-0.1, -0.05) is 12.1 Å². The number of hydrogen-bond donors (Lipinski definition) is 2. The number of benzene rings is 1. The molecule has 0 saturated carbocycles. The van der Waals surface area contributed by atoms with Crippen LogP contribution in [0.25, 0.3) is 0 Å². The molecule has 6 heteroatoms. The van der Waals surface area contributed by atoms with Gasteiger partial charge < -0.3 is 5.32 Å². The number of rotatable bonds is 4. The minimum absolute atomic E-state index is 0.0274. The lowest BCUT2D eigenvalue weighted by atomic mass is 10.2. The normalized spacial score (nSPS) is 20.6. The first kappa shape index (κ1) is 12.5. The van der Waals surface area contributed by atoms with Crippen LogP contribution in [-0.2, 0) is 15.8 Å². The largest absolute Gasteiger partial charge is 0.315 e. The summed E-state index contributed by atoms with van der Waals surface area (Å²) in [6.45, 7) is 1.51. The Balaban J connectivity index is 1.98. The highest BCUT2D eigenvalue weighted by atomic mass is 32.2. The first-order valence-electron chi connectivity index (χ1n) is 5.50. The van der Waals surface area contributed by atoms with Crippen LogP contribution in [0.2, 0.25) is 0 Å². The summed E-state index contributed by atoms with van der Waals surface area (Å²) in [5.41, 5.74) is 0.588. The topological polar surface area (TPSA) is 58.2 Å². The summed E-state index contributed by atoms with van der Waals surface area (Å²) < 4.78 is 38.9. The summed E-state index contributed by atoms with van der Waals surface area (Å²) in [6, 6.07) is 5.48. The Morgan fingerprint density at radius 2 is 2.06 bits per heavy atom. The average molecular weight is 258 g/mol. The average Bonchev–Trinajstić information content (AvgIpc) is 2.73.